The van der Waals surface area contributed by atoms with Gasteiger partial charge >= 0.3 is 0 Å². The van der Waals surface area contributed by atoms with Crippen molar-refractivity contribution in [3.8, 4) is 0 Å². The van der Waals surface area contributed by atoms with Gasteiger partial charge in [0.1, 0.15) is 5.69 Å². The SMILES string of the molecule is CN=C(N)NC(=O)c1cc2ccc(NC(=O)CCc3ccccc3)cc2[nH]1. The first kappa shape index (κ1) is 18.2. The van der Waals surface area contributed by atoms with E-state index >= 15 is 0 Å². The summed E-state index contributed by atoms with van der Waals surface area (Å²) in [5, 5.41) is 6.22. The van der Waals surface area contributed by atoms with Crippen LogP contribution in [0.1, 0.15) is 22.5 Å². The number of carbonyl (C=O) groups excluding carboxylic acids is 2. The number of nitrogens with two attached hydrogens (primary N) is 1. The summed E-state index contributed by atoms with van der Waals surface area (Å²) in [6.07, 6.45) is 1.08. The summed E-state index contributed by atoms with van der Waals surface area (Å²) in [4.78, 5) is 31.0. The third-order valence-electron chi connectivity index (χ3n) is 4.12. The van der Waals surface area contributed by atoms with Gasteiger partial charge in [-0.05, 0) is 30.2 Å². The molecule has 0 unspecified atom stereocenters. The minimum absolute atomic E-state index is 0.0463. The number of aryl methyl sites for hydroxylation is 1. The van der Waals surface area contributed by atoms with Crippen LogP contribution in [0.5, 0.6) is 0 Å². The largest absolute Gasteiger partial charge is 0.370 e. The second-order valence-corrected chi connectivity index (χ2v) is 6.08. The van der Waals surface area contributed by atoms with Crippen molar-refractivity contribution in [2.45, 2.75) is 12.8 Å². The van der Waals surface area contributed by atoms with Gasteiger partial charge in [0.25, 0.3) is 5.91 Å². The second kappa shape index (κ2) is 8.18. The number of nitrogens with one attached hydrogen (secondary N) is 3. The predicted octanol–water partition coefficient (Wildman–Crippen LogP) is 2.41. The van der Waals surface area contributed by atoms with Crippen LogP contribution in [0.4, 0.5) is 5.69 Å². The molecule has 0 atom stereocenters. The number of rotatable bonds is 5. The van der Waals surface area contributed by atoms with Gasteiger partial charge < -0.3 is 16.0 Å². The molecule has 0 radical (unpaired) electrons. The maximum absolute atomic E-state index is 12.2. The Kier molecular flexibility index (Phi) is 5.51. The van der Waals surface area contributed by atoms with E-state index in [9.17, 15) is 9.59 Å². The lowest BCUT2D eigenvalue weighted by molar-refractivity contribution is -0.116. The summed E-state index contributed by atoms with van der Waals surface area (Å²) in [5.41, 5.74) is 8.41. The molecule has 7 nitrogen and oxygen atoms in total. The highest BCUT2D eigenvalue weighted by molar-refractivity contribution is 6.06. The molecule has 138 valence electrons. The molecular formula is C20H21N5O2. The van der Waals surface area contributed by atoms with Gasteiger partial charge in [0.15, 0.2) is 5.96 Å². The first-order valence-corrected chi connectivity index (χ1v) is 8.55. The fourth-order valence-electron chi connectivity index (χ4n) is 2.69. The summed E-state index contributed by atoms with van der Waals surface area (Å²) >= 11 is 0. The van der Waals surface area contributed by atoms with Crippen LogP contribution in [0.2, 0.25) is 0 Å². The minimum Gasteiger partial charge on any atom is -0.370 e. The zero-order chi connectivity index (χ0) is 19.2. The fraction of sp³-hybridized carbons (Fsp3) is 0.150. The van der Waals surface area contributed by atoms with Gasteiger partial charge in [0.2, 0.25) is 5.91 Å². The number of aromatic amines is 1. The summed E-state index contributed by atoms with van der Waals surface area (Å²) in [7, 11) is 1.49. The lowest BCUT2D eigenvalue weighted by atomic mass is 10.1. The van der Waals surface area contributed by atoms with Gasteiger partial charge in [-0.25, -0.2) is 0 Å². The van der Waals surface area contributed by atoms with E-state index in [1.165, 1.54) is 7.05 Å². The standard InChI is InChI=1S/C20H21N5O2/c1-22-20(21)25-19(27)17-11-14-8-9-15(12-16(14)24-17)23-18(26)10-7-13-5-3-2-4-6-13/h2-6,8-9,11-12,24H,7,10H2,1H3,(H,23,26)(H3,21,22,25,27). The van der Waals surface area contributed by atoms with Gasteiger partial charge in [-0.1, -0.05) is 36.4 Å². The molecule has 2 aromatic carbocycles. The molecule has 3 aromatic rings. The number of hydrogen-bond donors (Lipinski definition) is 4. The molecule has 7 heteroatoms. The third kappa shape index (κ3) is 4.72. The Hall–Kier alpha value is -3.61. The van der Waals surface area contributed by atoms with Crippen LogP contribution in [-0.4, -0.2) is 29.8 Å². The van der Waals surface area contributed by atoms with E-state index in [4.69, 9.17) is 5.73 Å². The molecule has 0 aliphatic carbocycles. The van der Waals surface area contributed by atoms with Crippen LogP contribution < -0.4 is 16.4 Å². The molecule has 0 bridgehead atoms. The number of aliphatic imine (C=N–C) groups is 1. The summed E-state index contributed by atoms with van der Waals surface area (Å²) in [6.45, 7) is 0. The van der Waals surface area contributed by atoms with Gasteiger partial charge in [-0.15, -0.1) is 0 Å². The van der Waals surface area contributed by atoms with Gasteiger partial charge in [-0.2, -0.15) is 0 Å². The Labute approximate surface area is 156 Å². The number of H-pyrrole nitrogens is 1. The van der Waals surface area contributed by atoms with Crippen LogP contribution in [0.15, 0.2) is 59.6 Å². The average Bonchev–Trinajstić information content (AvgIpc) is 3.10. The maximum Gasteiger partial charge on any atom is 0.274 e. The van der Waals surface area contributed by atoms with Crippen LogP contribution in [0.3, 0.4) is 0 Å². The lowest BCUT2D eigenvalue weighted by Gasteiger charge is -2.05. The highest BCUT2D eigenvalue weighted by atomic mass is 16.2. The first-order valence-electron chi connectivity index (χ1n) is 8.55. The highest BCUT2D eigenvalue weighted by Gasteiger charge is 2.11. The van der Waals surface area contributed by atoms with Crippen molar-refractivity contribution in [2.24, 2.45) is 10.7 Å². The zero-order valence-corrected chi connectivity index (χ0v) is 15.0. The van der Waals surface area contributed by atoms with Gasteiger partial charge in [-0.3, -0.25) is 19.9 Å². The van der Waals surface area contributed by atoms with E-state index in [1.54, 1.807) is 18.2 Å². The number of guanidine groups is 1. The Balaban J connectivity index is 1.65. The third-order valence-corrected chi connectivity index (χ3v) is 4.12. The normalized spacial score (nSPS) is 11.4. The van der Waals surface area contributed by atoms with E-state index in [0.717, 1.165) is 16.5 Å². The van der Waals surface area contributed by atoms with Crippen molar-refractivity contribution in [1.29, 1.82) is 0 Å². The van der Waals surface area contributed by atoms with Crippen molar-refractivity contribution in [3.05, 3.63) is 65.9 Å². The number of anilines is 1. The summed E-state index contributed by atoms with van der Waals surface area (Å²) in [5.74, 6) is -0.387. The quantitative estimate of drug-likeness (QED) is 0.412. The highest BCUT2D eigenvalue weighted by Crippen LogP contribution is 2.20. The average molecular weight is 363 g/mol. The first-order chi connectivity index (χ1) is 13.0. The Morgan fingerprint density at radius 3 is 2.63 bits per heavy atom. The number of benzene rings is 2. The Morgan fingerprint density at radius 2 is 1.89 bits per heavy atom. The molecule has 0 aliphatic rings. The molecule has 1 heterocycles. The molecule has 0 fully saturated rings. The van der Waals surface area contributed by atoms with Crippen LogP contribution in [0, 0.1) is 0 Å². The monoisotopic (exact) mass is 363 g/mol. The number of amides is 2. The summed E-state index contributed by atoms with van der Waals surface area (Å²) < 4.78 is 0. The smallest absolute Gasteiger partial charge is 0.274 e. The van der Waals surface area contributed by atoms with Crippen molar-refractivity contribution in [3.63, 3.8) is 0 Å². The zero-order valence-electron chi connectivity index (χ0n) is 15.0. The van der Waals surface area contributed by atoms with Crippen molar-refractivity contribution in [1.82, 2.24) is 10.3 Å². The summed E-state index contributed by atoms with van der Waals surface area (Å²) in [6, 6.07) is 17.0. The molecular weight excluding hydrogens is 342 g/mol. The Bertz CT molecular complexity index is 992. The van der Waals surface area contributed by atoms with Crippen molar-refractivity contribution in [2.75, 3.05) is 12.4 Å². The number of nitrogens with zero attached hydrogens (tertiary/aromatic N) is 1. The molecule has 27 heavy (non-hydrogen) atoms. The molecule has 0 saturated carbocycles. The van der Waals surface area contributed by atoms with E-state index in [1.807, 2.05) is 36.4 Å². The van der Waals surface area contributed by atoms with E-state index in [2.05, 4.69) is 20.6 Å². The van der Waals surface area contributed by atoms with Crippen LogP contribution in [0.25, 0.3) is 10.9 Å². The molecule has 0 aliphatic heterocycles. The van der Waals surface area contributed by atoms with Crippen molar-refractivity contribution < 1.29 is 9.59 Å². The Morgan fingerprint density at radius 1 is 1.11 bits per heavy atom. The number of aromatic nitrogens is 1. The van der Waals surface area contributed by atoms with Gasteiger partial charge in [0.05, 0.1) is 0 Å². The number of fused-ring (bicyclic) bond motifs is 1. The predicted molar refractivity (Wildman–Crippen MR) is 107 cm³/mol. The molecule has 5 N–H and O–H groups in total. The number of hydrogen-bond acceptors (Lipinski definition) is 3. The topological polar surface area (TPSA) is 112 Å². The molecule has 3 rings (SSSR count). The number of carbonyl (C=O) groups is 2. The molecule has 0 saturated heterocycles. The molecule has 0 spiro atoms. The lowest BCUT2D eigenvalue weighted by Crippen LogP contribution is -2.36. The van der Waals surface area contributed by atoms with Crippen LogP contribution >= 0.6 is 0 Å². The molecule has 1 aromatic heterocycles. The second-order valence-electron chi connectivity index (χ2n) is 6.08. The van der Waals surface area contributed by atoms with E-state index < -0.39 is 0 Å². The molecule has 2 amide bonds. The van der Waals surface area contributed by atoms with E-state index in [-0.39, 0.29) is 17.8 Å². The van der Waals surface area contributed by atoms with E-state index in [0.29, 0.717) is 24.2 Å². The maximum atomic E-state index is 12.2. The fourth-order valence-corrected chi connectivity index (χ4v) is 2.69. The van der Waals surface area contributed by atoms with Crippen molar-refractivity contribution >= 4 is 34.4 Å². The minimum atomic E-state index is -0.372. The van der Waals surface area contributed by atoms with Gasteiger partial charge in [0, 0.05) is 30.1 Å². The van der Waals surface area contributed by atoms with Crippen LogP contribution in [-0.2, 0) is 11.2 Å².